The molecule has 2 N–H and O–H groups in total. The lowest BCUT2D eigenvalue weighted by molar-refractivity contribution is -0.128. The van der Waals surface area contributed by atoms with Gasteiger partial charge in [-0.3, -0.25) is 24.2 Å². The van der Waals surface area contributed by atoms with Gasteiger partial charge in [0.15, 0.2) is 11.6 Å². The van der Waals surface area contributed by atoms with E-state index in [1.807, 2.05) is 60.1 Å². The zero-order chi connectivity index (χ0) is 50.5. The van der Waals surface area contributed by atoms with Crippen LogP contribution in [-0.2, 0) is 35.6 Å². The number of hydrogen-bond donors (Lipinski definition) is 2. The van der Waals surface area contributed by atoms with E-state index in [4.69, 9.17) is 9.47 Å². The van der Waals surface area contributed by atoms with Gasteiger partial charge in [-0.1, -0.05) is 24.3 Å². The van der Waals surface area contributed by atoms with E-state index >= 15 is 0 Å². The Balaban J connectivity index is 0.000000157. The SMILES string of the molecule is COc1cnc(-n2cnc(C)n2)c2[nH]cc(C(=O)C(=O)N3CCc4c(cnn4-c4ccccc4)C3)c12.COc1cnc(-n2cnc(C)n2)c2[nH]cc(C(=O)C(=O)N3CCn4c(nc(C)c4-c4ccccn4)C3)c12. The molecule has 9 aromatic heterocycles. The molecular formula is C50H45N17O6. The van der Waals surface area contributed by atoms with Crippen LogP contribution in [0.2, 0.25) is 0 Å². The zero-order valence-corrected chi connectivity index (χ0v) is 40.1. The monoisotopic (exact) mass is 979 g/mol. The first-order chi connectivity index (χ1) is 35.5. The molecule has 0 radical (unpaired) electrons. The molecule has 0 unspecified atom stereocenters. The van der Waals surface area contributed by atoms with Crippen LogP contribution < -0.4 is 9.47 Å². The quantitative estimate of drug-likeness (QED) is 0.139. The number of para-hydroxylation sites is 1. The Morgan fingerprint density at radius 1 is 0.644 bits per heavy atom. The van der Waals surface area contributed by atoms with Crippen LogP contribution in [0.1, 0.15) is 55.1 Å². The van der Waals surface area contributed by atoms with Gasteiger partial charge in [0.2, 0.25) is 0 Å². The highest BCUT2D eigenvalue weighted by Gasteiger charge is 2.34. The topological polar surface area (TPSA) is 261 Å². The number of pyridine rings is 3. The Labute approximate surface area is 414 Å². The molecule has 1 aromatic carbocycles. The van der Waals surface area contributed by atoms with Gasteiger partial charge in [-0.2, -0.15) is 15.3 Å². The second-order valence-corrected chi connectivity index (χ2v) is 17.2. The summed E-state index contributed by atoms with van der Waals surface area (Å²) >= 11 is 0. The molecule has 0 bridgehead atoms. The number of nitrogens with one attached hydrogen (secondary N) is 2. The number of nitrogens with zero attached hydrogens (tertiary/aromatic N) is 15. The fourth-order valence-corrected chi connectivity index (χ4v) is 9.40. The minimum Gasteiger partial charge on any atom is -0.494 e. The molecule has 23 heteroatoms. The Hall–Kier alpha value is -9.67. The van der Waals surface area contributed by atoms with Crippen molar-refractivity contribution in [1.29, 1.82) is 0 Å². The number of fused-ring (bicyclic) bond motifs is 4. The van der Waals surface area contributed by atoms with E-state index in [0.717, 1.165) is 39.9 Å². The maximum absolute atomic E-state index is 13.5. The van der Waals surface area contributed by atoms with Crippen LogP contribution in [0.15, 0.2) is 98.4 Å². The summed E-state index contributed by atoms with van der Waals surface area (Å²) in [6, 6.07) is 15.6. The number of aromatic nitrogens is 15. The average molecular weight is 980 g/mol. The van der Waals surface area contributed by atoms with E-state index in [1.165, 1.54) is 65.9 Å². The van der Waals surface area contributed by atoms with Crippen molar-refractivity contribution in [3.8, 4) is 40.2 Å². The largest absolute Gasteiger partial charge is 0.494 e. The minimum atomic E-state index is -0.641. The number of rotatable bonds is 10. The number of aromatic amines is 2. The summed E-state index contributed by atoms with van der Waals surface area (Å²) in [6.07, 6.45) is 13.2. The Kier molecular flexibility index (Phi) is 11.6. The summed E-state index contributed by atoms with van der Waals surface area (Å²) in [4.78, 5) is 89.1. The third-order valence-corrected chi connectivity index (χ3v) is 12.8. The molecule has 0 saturated carbocycles. The van der Waals surface area contributed by atoms with Gasteiger partial charge in [0.1, 0.15) is 41.6 Å². The summed E-state index contributed by atoms with van der Waals surface area (Å²) in [5.74, 6) is 1.08. The van der Waals surface area contributed by atoms with E-state index in [9.17, 15) is 19.2 Å². The first-order valence-electron chi connectivity index (χ1n) is 23.1. The van der Waals surface area contributed by atoms with Gasteiger partial charge < -0.3 is 33.8 Å². The summed E-state index contributed by atoms with van der Waals surface area (Å²) in [5.41, 5.74) is 7.00. The molecule has 0 aliphatic carbocycles. The summed E-state index contributed by atoms with van der Waals surface area (Å²) in [5, 5.41) is 14.1. The average Bonchev–Trinajstić information content (AvgIpc) is 4.31. The first-order valence-corrected chi connectivity index (χ1v) is 23.1. The molecule has 0 atom stereocenters. The van der Waals surface area contributed by atoms with E-state index in [-0.39, 0.29) is 17.7 Å². The second kappa shape index (κ2) is 18.6. The maximum atomic E-state index is 13.5. The minimum absolute atomic E-state index is 0.205. The van der Waals surface area contributed by atoms with Crippen LogP contribution in [0.25, 0.3) is 50.5 Å². The van der Waals surface area contributed by atoms with Crippen molar-refractivity contribution in [1.82, 2.24) is 83.6 Å². The van der Waals surface area contributed by atoms with Gasteiger partial charge >= 0.3 is 0 Å². The van der Waals surface area contributed by atoms with Crippen molar-refractivity contribution in [3.63, 3.8) is 0 Å². The number of H-pyrrole nitrogens is 2. The summed E-state index contributed by atoms with van der Waals surface area (Å²) in [6.45, 7) is 7.31. The van der Waals surface area contributed by atoms with Gasteiger partial charge in [-0.05, 0) is 45.0 Å². The molecule has 2 aliphatic heterocycles. The highest BCUT2D eigenvalue weighted by atomic mass is 16.5. The Morgan fingerprint density at radius 2 is 1.23 bits per heavy atom. The fraction of sp³-hybridized carbons (Fsp3) is 0.220. The highest BCUT2D eigenvalue weighted by Crippen LogP contribution is 2.34. The van der Waals surface area contributed by atoms with E-state index < -0.39 is 23.4 Å². The number of Topliss-reactive ketones (excluding diaryl/α,β-unsaturated/α-hetero) is 2. The molecule has 2 aliphatic rings. The lowest BCUT2D eigenvalue weighted by atomic mass is 10.0. The summed E-state index contributed by atoms with van der Waals surface area (Å²) < 4.78 is 17.9. The number of hydrogen-bond acceptors (Lipinski definition) is 15. The van der Waals surface area contributed by atoms with Crippen LogP contribution in [0.3, 0.4) is 0 Å². The molecule has 0 spiro atoms. The molecule has 11 heterocycles. The number of ketones is 2. The van der Waals surface area contributed by atoms with Crippen LogP contribution in [0.4, 0.5) is 0 Å². The van der Waals surface area contributed by atoms with Gasteiger partial charge in [0, 0.05) is 56.8 Å². The van der Waals surface area contributed by atoms with Crippen molar-refractivity contribution in [3.05, 3.63) is 144 Å². The van der Waals surface area contributed by atoms with E-state index in [1.54, 1.807) is 31.1 Å². The van der Waals surface area contributed by atoms with E-state index in [2.05, 4.69) is 59.7 Å². The molecule has 23 nitrogen and oxygen atoms in total. The number of imidazole rings is 1. The molecule has 0 saturated heterocycles. The molecule has 12 rings (SSSR count). The molecule has 2 amide bonds. The molecule has 0 fully saturated rings. The number of benzene rings is 1. The number of aryl methyl sites for hydroxylation is 3. The second-order valence-electron chi connectivity index (χ2n) is 17.2. The Morgan fingerprint density at radius 3 is 1.78 bits per heavy atom. The third kappa shape index (κ3) is 8.10. The maximum Gasteiger partial charge on any atom is 0.295 e. The lowest BCUT2D eigenvalue weighted by Crippen LogP contribution is -2.42. The lowest BCUT2D eigenvalue weighted by Gasteiger charge is -2.28. The van der Waals surface area contributed by atoms with E-state index in [0.29, 0.717) is 89.2 Å². The Bertz CT molecular complexity index is 3770. The fourth-order valence-electron chi connectivity index (χ4n) is 9.40. The number of carbonyl (C=O) groups is 4. The van der Waals surface area contributed by atoms with Crippen molar-refractivity contribution in [2.45, 2.75) is 46.8 Å². The summed E-state index contributed by atoms with van der Waals surface area (Å²) in [7, 11) is 2.99. The van der Waals surface area contributed by atoms with Crippen molar-refractivity contribution in [2.24, 2.45) is 0 Å². The van der Waals surface area contributed by atoms with Crippen LogP contribution in [-0.4, -0.2) is 134 Å². The van der Waals surface area contributed by atoms with Crippen LogP contribution >= 0.6 is 0 Å². The number of ether oxygens (including phenoxy) is 2. The first kappa shape index (κ1) is 45.8. The third-order valence-electron chi connectivity index (χ3n) is 12.8. The predicted molar refractivity (Wildman–Crippen MR) is 262 cm³/mol. The molecule has 10 aromatic rings. The van der Waals surface area contributed by atoms with Gasteiger partial charge in [-0.15, -0.1) is 0 Å². The van der Waals surface area contributed by atoms with Crippen molar-refractivity contribution < 1.29 is 28.7 Å². The van der Waals surface area contributed by atoms with Crippen LogP contribution in [0.5, 0.6) is 11.5 Å². The zero-order valence-electron chi connectivity index (χ0n) is 40.1. The number of carbonyl (C=O) groups excluding carboxylic acids is 4. The normalized spacial score (nSPS) is 13.1. The van der Waals surface area contributed by atoms with Gasteiger partial charge in [-0.25, -0.2) is 39.0 Å². The predicted octanol–water partition coefficient (Wildman–Crippen LogP) is 4.67. The number of amides is 2. The molecular weight excluding hydrogens is 935 g/mol. The molecule has 366 valence electrons. The van der Waals surface area contributed by atoms with Crippen LogP contribution in [0, 0.1) is 20.8 Å². The van der Waals surface area contributed by atoms with Gasteiger partial charge in [0.05, 0.1) is 101 Å². The van der Waals surface area contributed by atoms with Gasteiger partial charge in [0.25, 0.3) is 23.4 Å². The highest BCUT2D eigenvalue weighted by molar-refractivity contribution is 6.46. The standard InChI is InChI=1S/C25H23N9O3.C25H22N8O3/c1-14-22(17-6-4-5-7-26-17)33-9-8-32(12-19(33)30-14)25(36)23(35)16-10-27-21-20(16)18(37-3)11-28-24(21)34-13-29-15(2)31-34;1-15-28-14-32(30-15)24-22-21(20(36-2)12-27-24)18(11-26-22)23(34)25(35)31-9-8-19-16(13-31)10-29-33(19)17-6-4-3-5-7-17/h4-7,10-11,13,27H,8-9,12H2,1-3H3;3-7,10-12,14,26H,8-9,13H2,1-2H3. The smallest absolute Gasteiger partial charge is 0.295 e. The number of methoxy groups -OCH3 is 2. The van der Waals surface area contributed by atoms with Crippen molar-refractivity contribution in [2.75, 3.05) is 27.3 Å². The van der Waals surface area contributed by atoms with Crippen molar-refractivity contribution >= 4 is 45.2 Å². The molecule has 73 heavy (non-hydrogen) atoms.